The Morgan fingerprint density at radius 2 is 1.96 bits per heavy atom. The number of carboxylic acid groups (broad SMARTS) is 1. The minimum atomic E-state index is -0.810. The zero-order valence-corrected chi connectivity index (χ0v) is 13.8. The lowest BCUT2D eigenvalue weighted by Crippen LogP contribution is -2.30. The van der Waals surface area contributed by atoms with Gasteiger partial charge in [-0.3, -0.25) is 9.59 Å². The van der Waals surface area contributed by atoms with Crippen LogP contribution in [0, 0.1) is 11.8 Å². The molecule has 0 aliphatic carbocycles. The van der Waals surface area contributed by atoms with E-state index in [0.717, 1.165) is 17.7 Å². The van der Waals surface area contributed by atoms with E-state index in [1.807, 2.05) is 31.2 Å². The van der Waals surface area contributed by atoms with Crippen molar-refractivity contribution < 1.29 is 19.4 Å². The maximum Gasteiger partial charge on any atom is 0.308 e. The van der Waals surface area contributed by atoms with Gasteiger partial charge in [0, 0.05) is 19.5 Å². The van der Waals surface area contributed by atoms with Crippen molar-refractivity contribution in [3.05, 3.63) is 29.8 Å². The first-order valence-corrected chi connectivity index (χ1v) is 8.23. The molecule has 2 atom stereocenters. The fourth-order valence-corrected chi connectivity index (χ4v) is 2.87. The maximum absolute atomic E-state index is 12.2. The summed E-state index contributed by atoms with van der Waals surface area (Å²) < 4.78 is 5.53. The molecule has 2 rings (SSSR count). The molecule has 1 aromatic carbocycles. The van der Waals surface area contributed by atoms with E-state index >= 15 is 0 Å². The second-order valence-corrected chi connectivity index (χ2v) is 6.21. The molecule has 5 heteroatoms. The zero-order chi connectivity index (χ0) is 16.8. The third kappa shape index (κ3) is 4.71. The van der Waals surface area contributed by atoms with E-state index in [1.54, 1.807) is 4.90 Å². The van der Waals surface area contributed by atoms with E-state index in [1.165, 1.54) is 0 Å². The summed E-state index contributed by atoms with van der Waals surface area (Å²) in [6.45, 7) is 5.53. The molecule has 126 valence electrons. The second-order valence-electron chi connectivity index (χ2n) is 6.21. The summed E-state index contributed by atoms with van der Waals surface area (Å²) in [6, 6.07) is 7.80. The number of aliphatic carboxylic acids is 1. The normalized spacial score (nSPS) is 20.5. The first kappa shape index (κ1) is 17.3. The molecule has 1 aromatic rings. The van der Waals surface area contributed by atoms with Crippen LogP contribution >= 0.6 is 0 Å². The SMILES string of the molecule is CCCOc1ccc(CCC(=O)N2C[C@@H](C)[C@H](C(=O)O)C2)cc1. The molecule has 0 bridgehead atoms. The topological polar surface area (TPSA) is 66.8 Å². The highest BCUT2D eigenvalue weighted by Crippen LogP contribution is 2.24. The lowest BCUT2D eigenvalue weighted by atomic mass is 9.99. The number of hydrogen-bond donors (Lipinski definition) is 1. The van der Waals surface area contributed by atoms with Gasteiger partial charge in [-0.2, -0.15) is 0 Å². The molecule has 1 aliphatic rings. The van der Waals surface area contributed by atoms with Gasteiger partial charge in [0.2, 0.25) is 5.91 Å². The van der Waals surface area contributed by atoms with Crippen molar-refractivity contribution >= 4 is 11.9 Å². The molecule has 1 fully saturated rings. The van der Waals surface area contributed by atoms with E-state index in [9.17, 15) is 9.59 Å². The molecule has 5 nitrogen and oxygen atoms in total. The van der Waals surface area contributed by atoms with Crippen LogP contribution in [-0.4, -0.2) is 41.6 Å². The monoisotopic (exact) mass is 319 g/mol. The number of likely N-dealkylation sites (tertiary alicyclic amines) is 1. The Bertz CT molecular complexity index is 540. The van der Waals surface area contributed by atoms with Crippen LogP contribution < -0.4 is 4.74 Å². The van der Waals surface area contributed by atoms with Crippen LogP contribution in [0.5, 0.6) is 5.75 Å². The molecule has 1 N–H and O–H groups in total. The molecule has 1 heterocycles. The Hall–Kier alpha value is -2.04. The Labute approximate surface area is 137 Å². The average Bonchev–Trinajstić information content (AvgIpc) is 2.94. The standard InChI is InChI=1S/C18H25NO4/c1-3-10-23-15-7-4-14(5-8-15)6-9-17(20)19-11-13(2)16(12-19)18(21)22/h4-5,7-8,13,16H,3,6,9-12H2,1-2H3,(H,21,22)/t13-,16-/m1/s1. The summed E-state index contributed by atoms with van der Waals surface area (Å²) in [7, 11) is 0. The molecule has 23 heavy (non-hydrogen) atoms. The third-order valence-corrected chi connectivity index (χ3v) is 4.31. The smallest absolute Gasteiger partial charge is 0.308 e. The Morgan fingerprint density at radius 3 is 2.52 bits per heavy atom. The predicted molar refractivity (Wildman–Crippen MR) is 87.4 cm³/mol. The van der Waals surface area contributed by atoms with E-state index in [2.05, 4.69) is 6.92 Å². The first-order valence-electron chi connectivity index (χ1n) is 8.23. The van der Waals surface area contributed by atoms with Gasteiger partial charge in [-0.15, -0.1) is 0 Å². The number of hydrogen-bond acceptors (Lipinski definition) is 3. The van der Waals surface area contributed by atoms with Crippen LogP contribution in [0.2, 0.25) is 0 Å². The summed E-state index contributed by atoms with van der Waals surface area (Å²) >= 11 is 0. The van der Waals surface area contributed by atoms with Crippen LogP contribution in [-0.2, 0) is 16.0 Å². The summed E-state index contributed by atoms with van der Waals surface area (Å²) in [6.07, 6.45) is 2.05. The van der Waals surface area contributed by atoms with E-state index < -0.39 is 11.9 Å². The molecule has 0 unspecified atom stereocenters. The predicted octanol–water partition coefficient (Wildman–Crippen LogP) is 2.59. The van der Waals surface area contributed by atoms with E-state index in [0.29, 0.717) is 32.5 Å². The molecule has 1 aliphatic heterocycles. The fourth-order valence-electron chi connectivity index (χ4n) is 2.87. The van der Waals surface area contributed by atoms with Crippen molar-refractivity contribution in [1.29, 1.82) is 0 Å². The van der Waals surface area contributed by atoms with E-state index in [4.69, 9.17) is 9.84 Å². The summed E-state index contributed by atoms with van der Waals surface area (Å²) in [4.78, 5) is 25.0. The van der Waals surface area contributed by atoms with Gasteiger partial charge in [-0.05, 0) is 36.5 Å². The van der Waals surface area contributed by atoms with Crippen molar-refractivity contribution in [2.45, 2.75) is 33.1 Å². The Balaban J connectivity index is 1.81. The van der Waals surface area contributed by atoms with Crippen LogP contribution in [0.4, 0.5) is 0 Å². The summed E-state index contributed by atoms with van der Waals surface area (Å²) in [5.74, 6) is -0.345. The summed E-state index contributed by atoms with van der Waals surface area (Å²) in [5, 5.41) is 9.13. The number of carbonyl (C=O) groups is 2. The van der Waals surface area contributed by atoms with Gasteiger partial charge in [0.1, 0.15) is 5.75 Å². The molecule has 1 saturated heterocycles. The van der Waals surface area contributed by atoms with Crippen LogP contribution in [0.1, 0.15) is 32.3 Å². The highest BCUT2D eigenvalue weighted by molar-refractivity contribution is 5.79. The number of rotatable bonds is 7. The lowest BCUT2D eigenvalue weighted by molar-refractivity contribution is -0.142. The average molecular weight is 319 g/mol. The maximum atomic E-state index is 12.2. The van der Waals surface area contributed by atoms with Crippen molar-refractivity contribution in [2.75, 3.05) is 19.7 Å². The largest absolute Gasteiger partial charge is 0.494 e. The molecular formula is C18H25NO4. The van der Waals surface area contributed by atoms with Gasteiger partial charge < -0.3 is 14.7 Å². The Morgan fingerprint density at radius 1 is 1.26 bits per heavy atom. The molecule has 0 saturated carbocycles. The molecule has 1 amide bonds. The van der Waals surface area contributed by atoms with Gasteiger partial charge in [-0.1, -0.05) is 26.0 Å². The highest BCUT2D eigenvalue weighted by atomic mass is 16.5. The van der Waals surface area contributed by atoms with Crippen molar-refractivity contribution in [1.82, 2.24) is 4.90 Å². The number of nitrogens with zero attached hydrogens (tertiary/aromatic N) is 1. The van der Waals surface area contributed by atoms with Gasteiger partial charge >= 0.3 is 5.97 Å². The van der Waals surface area contributed by atoms with Gasteiger partial charge in [-0.25, -0.2) is 0 Å². The molecule has 0 aromatic heterocycles. The van der Waals surface area contributed by atoms with Gasteiger partial charge in [0.25, 0.3) is 0 Å². The van der Waals surface area contributed by atoms with Crippen LogP contribution in [0.25, 0.3) is 0 Å². The van der Waals surface area contributed by atoms with Gasteiger partial charge in [0.05, 0.1) is 12.5 Å². The minimum absolute atomic E-state index is 0.0199. The van der Waals surface area contributed by atoms with Crippen molar-refractivity contribution in [3.63, 3.8) is 0 Å². The van der Waals surface area contributed by atoms with Crippen molar-refractivity contribution in [2.24, 2.45) is 11.8 Å². The number of carbonyl (C=O) groups excluding carboxylic acids is 1. The zero-order valence-electron chi connectivity index (χ0n) is 13.8. The lowest BCUT2D eigenvalue weighted by Gasteiger charge is -2.16. The second kappa shape index (κ2) is 7.99. The van der Waals surface area contributed by atoms with Crippen LogP contribution in [0.15, 0.2) is 24.3 Å². The van der Waals surface area contributed by atoms with E-state index in [-0.39, 0.29) is 11.8 Å². The third-order valence-electron chi connectivity index (χ3n) is 4.31. The molecule has 0 radical (unpaired) electrons. The number of benzene rings is 1. The first-order chi connectivity index (χ1) is 11.0. The number of ether oxygens (including phenoxy) is 1. The molecular weight excluding hydrogens is 294 g/mol. The minimum Gasteiger partial charge on any atom is -0.494 e. The fraction of sp³-hybridized carbons (Fsp3) is 0.556. The van der Waals surface area contributed by atoms with Crippen molar-refractivity contribution in [3.8, 4) is 5.75 Å². The molecule has 0 spiro atoms. The number of carboxylic acids is 1. The Kier molecular flexibility index (Phi) is 6.02. The quantitative estimate of drug-likeness (QED) is 0.839. The number of aryl methyl sites for hydroxylation is 1. The summed E-state index contributed by atoms with van der Waals surface area (Å²) in [5.41, 5.74) is 1.09. The number of amides is 1. The van der Waals surface area contributed by atoms with Gasteiger partial charge in [0.15, 0.2) is 0 Å². The van der Waals surface area contributed by atoms with Crippen LogP contribution in [0.3, 0.4) is 0 Å². The highest BCUT2D eigenvalue weighted by Gasteiger charge is 2.36.